The number of carbonyl (C=O) groups is 1. The third-order valence-electron chi connectivity index (χ3n) is 5.61. The number of methoxy groups -OCH3 is 1. The summed E-state index contributed by atoms with van der Waals surface area (Å²) < 4.78 is 39.1. The molecule has 1 amide bonds. The number of sulfonamides is 1. The van der Waals surface area contributed by atoms with E-state index in [4.69, 9.17) is 9.47 Å². The molecular weight excluding hydrogens is 440 g/mol. The van der Waals surface area contributed by atoms with Crippen LogP contribution in [-0.2, 0) is 27.8 Å². The van der Waals surface area contributed by atoms with Crippen molar-refractivity contribution in [1.82, 2.24) is 4.31 Å². The molecule has 1 aliphatic rings. The van der Waals surface area contributed by atoms with Gasteiger partial charge in [0.25, 0.3) is 0 Å². The third-order valence-corrected chi connectivity index (χ3v) is 7.48. The summed E-state index contributed by atoms with van der Waals surface area (Å²) >= 11 is 0. The van der Waals surface area contributed by atoms with E-state index in [1.54, 1.807) is 43.5 Å². The van der Waals surface area contributed by atoms with E-state index in [1.807, 2.05) is 31.2 Å². The minimum absolute atomic E-state index is 0.117. The van der Waals surface area contributed by atoms with Crippen LogP contribution < -0.4 is 14.8 Å². The topological polar surface area (TPSA) is 84.9 Å². The van der Waals surface area contributed by atoms with Crippen LogP contribution in [0.25, 0.3) is 0 Å². The number of amides is 1. The number of hydrogen-bond acceptors (Lipinski definition) is 5. The fourth-order valence-corrected chi connectivity index (χ4v) is 5.45. The van der Waals surface area contributed by atoms with Gasteiger partial charge in [-0.2, -0.15) is 4.31 Å². The molecule has 0 saturated heterocycles. The molecule has 1 N–H and O–H groups in total. The molecule has 33 heavy (non-hydrogen) atoms. The first-order valence-corrected chi connectivity index (χ1v) is 12.1. The van der Waals surface area contributed by atoms with Gasteiger partial charge in [-0.1, -0.05) is 24.3 Å². The van der Waals surface area contributed by atoms with Gasteiger partial charge in [-0.05, 0) is 73.0 Å². The van der Waals surface area contributed by atoms with Crippen molar-refractivity contribution in [2.75, 3.05) is 19.0 Å². The van der Waals surface area contributed by atoms with Gasteiger partial charge in [0.15, 0.2) is 0 Å². The van der Waals surface area contributed by atoms with Crippen molar-refractivity contribution in [3.63, 3.8) is 0 Å². The molecule has 3 aromatic carbocycles. The lowest BCUT2D eigenvalue weighted by Crippen LogP contribution is -2.50. The van der Waals surface area contributed by atoms with Crippen molar-refractivity contribution in [1.29, 1.82) is 0 Å². The molecule has 0 fully saturated rings. The molecule has 1 unspecified atom stereocenters. The van der Waals surface area contributed by atoms with E-state index in [1.165, 1.54) is 16.4 Å². The maximum Gasteiger partial charge on any atom is 0.244 e. The van der Waals surface area contributed by atoms with Crippen molar-refractivity contribution in [3.05, 3.63) is 83.9 Å². The summed E-state index contributed by atoms with van der Waals surface area (Å²) in [5.41, 5.74) is 2.42. The van der Waals surface area contributed by atoms with Crippen LogP contribution in [0.5, 0.6) is 11.5 Å². The number of fused-ring (bicyclic) bond motifs is 1. The van der Waals surface area contributed by atoms with E-state index in [-0.39, 0.29) is 23.8 Å². The maximum absolute atomic E-state index is 13.6. The van der Waals surface area contributed by atoms with Crippen LogP contribution in [0, 0.1) is 0 Å². The first-order chi connectivity index (χ1) is 15.9. The largest absolute Gasteiger partial charge is 0.497 e. The number of hydrogen-bond donors (Lipinski definition) is 1. The summed E-state index contributed by atoms with van der Waals surface area (Å²) in [6, 6.07) is 19.9. The Balaban J connectivity index is 1.66. The number of carbonyl (C=O) groups excluding carboxylic acids is 1. The molecule has 7 nitrogen and oxygen atoms in total. The van der Waals surface area contributed by atoms with Gasteiger partial charge >= 0.3 is 0 Å². The van der Waals surface area contributed by atoms with Crippen molar-refractivity contribution in [2.24, 2.45) is 0 Å². The average molecular weight is 467 g/mol. The van der Waals surface area contributed by atoms with Crippen LogP contribution in [0.3, 0.4) is 0 Å². The maximum atomic E-state index is 13.6. The second-order valence-electron chi connectivity index (χ2n) is 7.66. The molecule has 1 heterocycles. The first-order valence-electron chi connectivity index (χ1n) is 10.7. The summed E-state index contributed by atoms with van der Waals surface area (Å²) in [4.78, 5) is 13.4. The predicted molar refractivity (Wildman–Crippen MR) is 126 cm³/mol. The lowest BCUT2D eigenvalue weighted by molar-refractivity contribution is -0.120. The van der Waals surface area contributed by atoms with Gasteiger partial charge in [-0.3, -0.25) is 4.79 Å². The van der Waals surface area contributed by atoms with E-state index in [9.17, 15) is 13.2 Å². The number of anilines is 1. The lowest BCUT2D eigenvalue weighted by Gasteiger charge is -2.35. The Morgan fingerprint density at radius 2 is 1.61 bits per heavy atom. The molecule has 8 heteroatoms. The molecule has 4 rings (SSSR count). The lowest BCUT2D eigenvalue weighted by atomic mass is 9.95. The van der Waals surface area contributed by atoms with Crippen LogP contribution in [-0.4, -0.2) is 38.4 Å². The Morgan fingerprint density at radius 3 is 2.24 bits per heavy atom. The number of nitrogens with zero attached hydrogens (tertiary/aromatic N) is 1. The highest BCUT2D eigenvalue weighted by atomic mass is 32.2. The van der Waals surface area contributed by atoms with Crippen LogP contribution >= 0.6 is 0 Å². The van der Waals surface area contributed by atoms with Crippen LogP contribution in [0.15, 0.2) is 77.7 Å². The van der Waals surface area contributed by atoms with Gasteiger partial charge in [-0.15, -0.1) is 0 Å². The Bertz CT molecular complexity index is 1220. The quantitative estimate of drug-likeness (QED) is 0.572. The second kappa shape index (κ2) is 9.64. The summed E-state index contributed by atoms with van der Waals surface area (Å²) in [5.74, 6) is 0.873. The van der Waals surface area contributed by atoms with Crippen LogP contribution in [0.1, 0.15) is 18.1 Å². The molecule has 1 aliphatic heterocycles. The Kier molecular flexibility index (Phi) is 6.67. The minimum Gasteiger partial charge on any atom is -0.497 e. The van der Waals surface area contributed by atoms with Gasteiger partial charge in [-0.25, -0.2) is 8.42 Å². The SMILES string of the molecule is CCOc1ccc(S(=O)(=O)N2Cc3ccccc3CC2C(=O)Nc2ccc(OC)cc2)cc1. The smallest absolute Gasteiger partial charge is 0.244 e. The molecule has 0 aliphatic carbocycles. The second-order valence-corrected chi connectivity index (χ2v) is 9.55. The fourth-order valence-electron chi connectivity index (χ4n) is 3.88. The molecule has 0 bridgehead atoms. The fraction of sp³-hybridized carbons (Fsp3) is 0.240. The number of benzene rings is 3. The summed E-state index contributed by atoms with van der Waals surface area (Å²) in [6.07, 6.45) is 0.286. The van der Waals surface area contributed by atoms with Crippen LogP contribution in [0.2, 0.25) is 0 Å². The monoisotopic (exact) mass is 466 g/mol. The molecule has 0 saturated carbocycles. The van der Waals surface area contributed by atoms with Gasteiger partial charge in [0.2, 0.25) is 15.9 Å². The van der Waals surface area contributed by atoms with E-state index >= 15 is 0 Å². The number of rotatable bonds is 7. The Labute approximate surface area is 194 Å². The molecular formula is C25H26N2O5S. The van der Waals surface area contributed by atoms with Gasteiger partial charge in [0, 0.05) is 12.2 Å². The zero-order valence-electron chi connectivity index (χ0n) is 18.5. The Hall–Kier alpha value is -3.36. The highest BCUT2D eigenvalue weighted by Crippen LogP contribution is 2.30. The normalized spacial score (nSPS) is 16.0. The number of ether oxygens (including phenoxy) is 2. The minimum atomic E-state index is -3.94. The standard InChI is InChI=1S/C25H26N2O5S/c1-3-32-22-12-14-23(15-13-22)33(29,30)27-17-19-7-5-4-6-18(19)16-24(27)25(28)26-20-8-10-21(31-2)11-9-20/h4-15,24H,3,16-17H2,1-2H3,(H,26,28). The van der Waals surface area contributed by atoms with Crippen LogP contribution in [0.4, 0.5) is 5.69 Å². The molecule has 0 aromatic heterocycles. The average Bonchev–Trinajstić information content (AvgIpc) is 2.84. The Morgan fingerprint density at radius 1 is 0.970 bits per heavy atom. The van der Waals surface area contributed by atoms with Gasteiger partial charge in [0.1, 0.15) is 17.5 Å². The number of nitrogens with one attached hydrogen (secondary N) is 1. The molecule has 0 radical (unpaired) electrons. The third kappa shape index (κ3) is 4.86. The van der Waals surface area contributed by atoms with E-state index in [0.717, 1.165) is 11.1 Å². The van der Waals surface area contributed by atoms with Crippen molar-refractivity contribution in [3.8, 4) is 11.5 Å². The molecule has 0 spiro atoms. The van der Waals surface area contributed by atoms with E-state index < -0.39 is 16.1 Å². The van der Waals surface area contributed by atoms with Gasteiger partial charge < -0.3 is 14.8 Å². The van der Waals surface area contributed by atoms with Gasteiger partial charge in [0.05, 0.1) is 18.6 Å². The van der Waals surface area contributed by atoms with Crippen molar-refractivity contribution < 1.29 is 22.7 Å². The highest BCUT2D eigenvalue weighted by molar-refractivity contribution is 7.89. The summed E-state index contributed by atoms with van der Waals surface area (Å²) in [5, 5.41) is 2.85. The molecule has 1 atom stereocenters. The zero-order valence-corrected chi connectivity index (χ0v) is 19.3. The van der Waals surface area contributed by atoms with Crippen molar-refractivity contribution >= 4 is 21.6 Å². The predicted octanol–water partition coefficient (Wildman–Crippen LogP) is 3.85. The summed E-state index contributed by atoms with van der Waals surface area (Å²) in [7, 11) is -2.37. The first kappa shape index (κ1) is 22.8. The highest BCUT2D eigenvalue weighted by Gasteiger charge is 2.39. The van der Waals surface area contributed by atoms with E-state index in [0.29, 0.717) is 23.8 Å². The molecule has 172 valence electrons. The zero-order chi connectivity index (χ0) is 23.4. The summed E-state index contributed by atoms with van der Waals surface area (Å²) in [6.45, 7) is 2.47. The van der Waals surface area contributed by atoms with E-state index in [2.05, 4.69) is 5.32 Å². The molecule has 3 aromatic rings. The van der Waals surface area contributed by atoms with Crippen molar-refractivity contribution in [2.45, 2.75) is 30.8 Å².